The fourth-order valence-corrected chi connectivity index (χ4v) is 3.80. The summed E-state index contributed by atoms with van der Waals surface area (Å²) in [5.74, 6) is -0.357. The van der Waals surface area contributed by atoms with Crippen LogP contribution in [0.3, 0.4) is 0 Å². The third-order valence-corrected chi connectivity index (χ3v) is 5.75. The number of amides is 1. The first kappa shape index (κ1) is 20.9. The topological polar surface area (TPSA) is 109 Å². The number of carbonyl (C=O) groups is 1. The zero-order valence-electron chi connectivity index (χ0n) is 15.5. The monoisotopic (exact) mass is 410 g/mol. The number of carbonyl (C=O) groups excluding carboxylic acids is 1. The molecule has 1 atom stereocenters. The summed E-state index contributed by atoms with van der Waals surface area (Å²) in [4.78, 5) is 12.8. The average Bonchev–Trinajstić information content (AvgIpc) is 2.54. The fourth-order valence-electron chi connectivity index (χ4n) is 2.55. The maximum absolute atomic E-state index is 12.6. The van der Waals surface area contributed by atoms with Crippen molar-refractivity contribution >= 4 is 31.5 Å². The summed E-state index contributed by atoms with van der Waals surface area (Å²) in [5.41, 5.74) is 1.96. The Morgan fingerprint density at radius 1 is 0.963 bits per heavy atom. The van der Waals surface area contributed by atoms with Crippen LogP contribution in [0.5, 0.6) is 0 Å². The Hall–Kier alpha value is -2.39. The molecule has 0 bridgehead atoms. The average molecular weight is 411 g/mol. The smallest absolute Gasteiger partial charge is 0.252 e. The van der Waals surface area contributed by atoms with Crippen LogP contribution in [0.4, 0.5) is 5.69 Å². The van der Waals surface area contributed by atoms with Crippen molar-refractivity contribution in [3.05, 3.63) is 59.2 Å². The molecule has 2 aromatic rings. The summed E-state index contributed by atoms with van der Waals surface area (Å²) in [5, 5.41) is 2.84. The van der Waals surface area contributed by atoms with E-state index >= 15 is 0 Å². The number of benzene rings is 2. The maximum atomic E-state index is 12.6. The minimum absolute atomic E-state index is 0.208. The van der Waals surface area contributed by atoms with Crippen LogP contribution in [0.15, 0.2) is 47.4 Å². The number of hydrogen-bond donors (Lipinski definition) is 2. The number of rotatable bonds is 6. The predicted octanol–water partition coefficient (Wildman–Crippen LogP) is 2.26. The lowest BCUT2D eigenvalue weighted by molar-refractivity contribution is 0.0939. The van der Waals surface area contributed by atoms with E-state index in [-0.39, 0.29) is 16.8 Å². The molecule has 0 aromatic heterocycles. The first-order chi connectivity index (χ1) is 12.4. The van der Waals surface area contributed by atoms with Crippen molar-refractivity contribution in [2.24, 2.45) is 0 Å². The molecule has 27 heavy (non-hydrogen) atoms. The molecule has 0 saturated carbocycles. The van der Waals surface area contributed by atoms with E-state index in [0.29, 0.717) is 16.8 Å². The summed E-state index contributed by atoms with van der Waals surface area (Å²) >= 11 is 0. The molecule has 0 heterocycles. The first-order valence-electron chi connectivity index (χ1n) is 8.07. The third-order valence-electron chi connectivity index (χ3n) is 4.03. The Balaban J connectivity index is 2.21. The van der Waals surface area contributed by atoms with E-state index in [1.165, 1.54) is 12.1 Å². The molecule has 2 rings (SSSR count). The molecular formula is C18H22N2O5S2. The minimum Gasteiger partial charge on any atom is -0.346 e. The van der Waals surface area contributed by atoms with Crippen molar-refractivity contribution in [1.82, 2.24) is 5.32 Å². The van der Waals surface area contributed by atoms with E-state index in [2.05, 4.69) is 10.0 Å². The molecule has 9 heteroatoms. The standard InChI is InChI=1S/C18H22N2O5S2/c1-12-16(6-5-7-17(12)20-27(4,24)25)18(21)19-13(2)14-8-10-15(11-9-14)26(3,22)23/h5-11,13,20H,1-4H3,(H,19,21)/t13-/m0/s1. The summed E-state index contributed by atoms with van der Waals surface area (Å²) < 4.78 is 48.3. The van der Waals surface area contributed by atoms with Gasteiger partial charge in [0.2, 0.25) is 10.0 Å². The highest BCUT2D eigenvalue weighted by molar-refractivity contribution is 7.92. The van der Waals surface area contributed by atoms with Crippen LogP contribution in [-0.4, -0.2) is 35.3 Å². The van der Waals surface area contributed by atoms with Crippen molar-refractivity contribution in [2.75, 3.05) is 17.2 Å². The van der Waals surface area contributed by atoms with E-state index in [9.17, 15) is 21.6 Å². The van der Waals surface area contributed by atoms with Crippen molar-refractivity contribution in [3.63, 3.8) is 0 Å². The lowest BCUT2D eigenvalue weighted by atomic mass is 10.0. The zero-order valence-corrected chi connectivity index (χ0v) is 17.1. The van der Waals surface area contributed by atoms with Gasteiger partial charge in [0, 0.05) is 11.8 Å². The summed E-state index contributed by atoms with van der Waals surface area (Å²) in [6.45, 7) is 3.44. The van der Waals surface area contributed by atoms with E-state index in [1.807, 2.05) is 0 Å². The zero-order chi connectivity index (χ0) is 20.4. The molecule has 7 nitrogen and oxygen atoms in total. The first-order valence-corrected chi connectivity index (χ1v) is 11.8. The second kappa shape index (κ2) is 7.69. The molecule has 1 amide bonds. The second-order valence-electron chi connectivity index (χ2n) is 6.39. The second-order valence-corrected chi connectivity index (χ2v) is 10.2. The Bertz CT molecular complexity index is 1060. The lowest BCUT2D eigenvalue weighted by Gasteiger charge is -2.17. The molecule has 0 radical (unpaired) electrons. The SMILES string of the molecule is Cc1c(NS(C)(=O)=O)cccc1C(=O)N[C@@H](C)c1ccc(S(C)(=O)=O)cc1. The van der Waals surface area contributed by atoms with E-state index in [4.69, 9.17) is 0 Å². The molecule has 146 valence electrons. The van der Waals surface area contributed by atoms with Gasteiger partial charge in [-0.3, -0.25) is 9.52 Å². The van der Waals surface area contributed by atoms with Gasteiger partial charge in [0.1, 0.15) is 0 Å². The Kier molecular flexibility index (Phi) is 5.96. The van der Waals surface area contributed by atoms with Crippen LogP contribution in [0.1, 0.15) is 34.5 Å². The quantitative estimate of drug-likeness (QED) is 0.759. The lowest BCUT2D eigenvalue weighted by Crippen LogP contribution is -2.27. The number of hydrogen-bond acceptors (Lipinski definition) is 5. The fraction of sp³-hybridized carbons (Fsp3) is 0.278. The van der Waals surface area contributed by atoms with Gasteiger partial charge in [-0.1, -0.05) is 18.2 Å². The highest BCUT2D eigenvalue weighted by Crippen LogP contribution is 2.22. The molecular weight excluding hydrogens is 388 g/mol. The summed E-state index contributed by atoms with van der Waals surface area (Å²) in [6, 6.07) is 10.7. The van der Waals surface area contributed by atoms with Crippen molar-refractivity contribution in [1.29, 1.82) is 0 Å². The summed E-state index contributed by atoms with van der Waals surface area (Å²) in [7, 11) is -6.74. The Morgan fingerprint density at radius 3 is 2.07 bits per heavy atom. The molecule has 0 aliphatic heterocycles. The highest BCUT2D eigenvalue weighted by Gasteiger charge is 2.17. The van der Waals surface area contributed by atoms with E-state index in [0.717, 1.165) is 18.1 Å². The molecule has 0 saturated heterocycles. The van der Waals surface area contributed by atoms with Crippen molar-refractivity contribution in [3.8, 4) is 0 Å². The number of sulfone groups is 1. The van der Waals surface area contributed by atoms with Crippen LogP contribution >= 0.6 is 0 Å². The van der Waals surface area contributed by atoms with Gasteiger partial charge in [-0.05, 0) is 49.2 Å². The van der Waals surface area contributed by atoms with Gasteiger partial charge in [-0.2, -0.15) is 0 Å². The molecule has 0 aliphatic carbocycles. The van der Waals surface area contributed by atoms with Gasteiger partial charge in [-0.15, -0.1) is 0 Å². The number of anilines is 1. The van der Waals surface area contributed by atoms with Crippen LogP contribution < -0.4 is 10.0 Å². The molecule has 0 fully saturated rings. The Labute approximate surface area is 159 Å². The normalized spacial score (nSPS) is 13.0. The van der Waals surface area contributed by atoms with Crippen molar-refractivity contribution < 1.29 is 21.6 Å². The highest BCUT2D eigenvalue weighted by atomic mass is 32.2. The Morgan fingerprint density at radius 2 is 1.56 bits per heavy atom. The molecule has 0 aliphatic rings. The predicted molar refractivity (Wildman–Crippen MR) is 105 cm³/mol. The van der Waals surface area contributed by atoms with Gasteiger partial charge in [0.25, 0.3) is 5.91 Å². The molecule has 0 spiro atoms. The van der Waals surface area contributed by atoms with Crippen LogP contribution in [0.25, 0.3) is 0 Å². The van der Waals surface area contributed by atoms with Crippen molar-refractivity contribution in [2.45, 2.75) is 24.8 Å². The molecule has 0 unspecified atom stereocenters. The van der Waals surface area contributed by atoms with Gasteiger partial charge >= 0.3 is 0 Å². The third kappa shape index (κ3) is 5.54. The molecule has 2 aromatic carbocycles. The number of sulfonamides is 1. The van der Waals surface area contributed by atoms with Gasteiger partial charge < -0.3 is 5.32 Å². The number of nitrogens with one attached hydrogen (secondary N) is 2. The van der Waals surface area contributed by atoms with Gasteiger partial charge in [-0.25, -0.2) is 16.8 Å². The van der Waals surface area contributed by atoms with Crippen LogP contribution in [0, 0.1) is 6.92 Å². The summed E-state index contributed by atoms with van der Waals surface area (Å²) in [6.07, 6.45) is 2.18. The van der Waals surface area contributed by atoms with Crippen LogP contribution in [0.2, 0.25) is 0 Å². The minimum atomic E-state index is -3.46. The molecule has 2 N–H and O–H groups in total. The largest absolute Gasteiger partial charge is 0.346 e. The maximum Gasteiger partial charge on any atom is 0.252 e. The van der Waals surface area contributed by atoms with Gasteiger partial charge in [0.05, 0.1) is 22.9 Å². The van der Waals surface area contributed by atoms with Gasteiger partial charge in [0.15, 0.2) is 9.84 Å². The van der Waals surface area contributed by atoms with E-state index in [1.54, 1.807) is 44.2 Å². The van der Waals surface area contributed by atoms with Crippen LogP contribution in [-0.2, 0) is 19.9 Å². The van der Waals surface area contributed by atoms with E-state index < -0.39 is 19.9 Å².